The van der Waals surface area contributed by atoms with Crippen LogP contribution in [-0.2, 0) is 4.79 Å². The van der Waals surface area contributed by atoms with E-state index in [1.54, 1.807) is 0 Å². The lowest BCUT2D eigenvalue weighted by molar-refractivity contribution is -0.131. The van der Waals surface area contributed by atoms with Gasteiger partial charge in [-0.15, -0.1) is 0 Å². The number of nitrogens with zero attached hydrogens (tertiary/aromatic N) is 1. The molecule has 1 aliphatic rings. The fraction of sp³-hybridized carbons (Fsp3) is 0.909. The highest BCUT2D eigenvalue weighted by atomic mass is 32.2. The van der Waals surface area contributed by atoms with Crippen LogP contribution in [0.2, 0.25) is 0 Å². The number of nitrogens with two attached hydrogens (primary N) is 1. The number of amides is 1. The van der Waals surface area contributed by atoms with E-state index in [1.807, 2.05) is 23.6 Å². The molecule has 0 spiro atoms. The van der Waals surface area contributed by atoms with E-state index in [9.17, 15) is 4.79 Å². The molecule has 1 amide bonds. The summed E-state index contributed by atoms with van der Waals surface area (Å²) in [5, 5.41) is 0. The van der Waals surface area contributed by atoms with Crippen molar-refractivity contribution in [2.45, 2.75) is 38.6 Å². The van der Waals surface area contributed by atoms with Gasteiger partial charge < -0.3 is 10.6 Å². The Morgan fingerprint density at radius 2 is 2.27 bits per heavy atom. The third-order valence-corrected chi connectivity index (χ3v) is 3.67. The van der Waals surface area contributed by atoms with Crippen LogP contribution in [0.1, 0.15) is 32.6 Å². The molecule has 1 atom stereocenters. The van der Waals surface area contributed by atoms with Gasteiger partial charge in [-0.25, -0.2) is 0 Å². The summed E-state index contributed by atoms with van der Waals surface area (Å²) in [7, 11) is 0. The topological polar surface area (TPSA) is 46.3 Å². The molecule has 0 aromatic heterocycles. The van der Waals surface area contributed by atoms with E-state index in [-0.39, 0.29) is 6.04 Å². The van der Waals surface area contributed by atoms with Crippen molar-refractivity contribution < 1.29 is 4.79 Å². The van der Waals surface area contributed by atoms with Crippen molar-refractivity contribution in [3.05, 3.63) is 0 Å². The minimum Gasteiger partial charge on any atom is -0.342 e. The Labute approximate surface area is 96.8 Å². The Kier molecular flexibility index (Phi) is 6.10. The molecule has 0 aromatic rings. The predicted octanol–water partition coefficient (Wildman–Crippen LogP) is 1.47. The zero-order valence-corrected chi connectivity index (χ0v) is 10.4. The van der Waals surface area contributed by atoms with Gasteiger partial charge in [-0.2, -0.15) is 11.8 Å². The fourth-order valence-electron chi connectivity index (χ4n) is 1.73. The van der Waals surface area contributed by atoms with Crippen molar-refractivity contribution in [2.24, 2.45) is 5.73 Å². The van der Waals surface area contributed by atoms with Gasteiger partial charge >= 0.3 is 0 Å². The van der Waals surface area contributed by atoms with E-state index in [0.29, 0.717) is 12.3 Å². The van der Waals surface area contributed by atoms with E-state index in [4.69, 9.17) is 5.73 Å². The van der Waals surface area contributed by atoms with Crippen molar-refractivity contribution >= 4 is 17.7 Å². The van der Waals surface area contributed by atoms with Gasteiger partial charge in [0.05, 0.1) is 0 Å². The molecule has 3 nitrogen and oxygen atoms in total. The highest BCUT2D eigenvalue weighted by Gasteiger charge is 2.14. The van der Waals surface area contributed by atoms with Gasteiger partial charge in [0.2, 0.25) is 5.91 Å². The zero-order valence-electron chi connectivity index (χ0n) is 9.58. The number of rotatable bonds is 4. The van der Waals surface area contributed by atoms with Gasteiger partial charge in [0, 0.05) is 31.3 Å². The van der Waals surface area contributed by atoms with E-state index in [0.717, 1.165) is 38.1 Å². The Bertz CT molecular complexity index is 189. The molecule has 0 saturated carbocycles. The van der Waals surface area contributed by atoms with Gasteiger partial charge in [0.25, 0.3) is 0 Å². The van der Waals surface area contributed by atoms with Crippen molar-refractivity contribution in [3.8, 4) is 0 Å². The first-order valence-corrected chi connectivity index (χ1v) is 6.96. The monoisotopic (exact) mass is 230 g/mol. The summed E-state index contributed by atoms with van der Waals surface area (Å²) in [4.78, 5) is 13.8. The quantitative estimate of drug-likeness (QED) is 0.795. The third kappa shape index (κ3) is 5.42. The number of hydrogen-bond donors (Lipinski definition) is 1. The summed E-state index contributed by atoms with van der Waals surface area (Å²) in [6, 6.07) is 0.220. The average Bonchev–Trinajstić information content (AvgIpc) is 2.44. The van der Waals surface area contributed by atoms with Crippen LogP contribution in [0.4, 0.5) is 0 Å². The molecule has 4 heteroatoms. The van der Waals surface area contributed by atoms with Crippen molar-refractivity contribution in [3.63, 3.8) is 0 Å². The van der Waals surface area contributed by atoms with Gasteiger partial charge in [-0.1, -0.05) is 0 Å². The van der Waals surface area contributed by atoms with Crippen LogP contribution in [0.5, 0.6) is 0 Å². The van der Waals surface area contributed by atoms with Crippen molar-refractivity contribution in [2.75, 3.05) is 24.6 Å². The Morgan fingerprint density at radius 3 is 3.00 bits per heavy atom. The summed E-state index contributed by atoms with van der Waals surface area (Å²) in [6.45, 7) is 3.87. The highest BCUT2D eigenvalue weighted by Crippen LogP contribution is 2.12. The van der Waals surface area contributed by atoms with Gasteiger partial charge in [-0.05, 0) is 31.9 Å². The Morgan fingerprint density at radius 1 is 1.47 bits per heavy atom. The minimum atomic E-state index is 0.220. The summed E-state index contributed by atoms with van der Waals surface area (Å²) in [6.07, 6.45) is 3.70. The minimum absolute atomic E-state index is 0.220. The van der Waals surface area contributed by atoms with E-state index >= 15 is 0 Å². The first-order chi connectivity index (χ1) is 7.20. The van der Waals surface area contributed by atoms with Crippen LogP contribution in [0, 0.1) is 0 Å². The van der Waals surface area contributed by atoms with Gasteiger partial charge in [0.15, 0.2) is 0 Å². The Hall–Kier alpha value is -0.220. The van der Waals surface area contributed by atoms with Gasteiger partial charge in [-0.3, -0.25) is 4.79 Å². The summed E-state index contributed by atoms with van der Waals surface area (Å²) in [5.74, 6) is 2.61. The molecular weight excluding hydrogens is 208 g/mol. The normalized spacial score (nSPS) is 19.7. The average molecular weight is 230 g/mol. The molecule has 1 fully saturated rings. The molecule has 0 aromatic carbocycles. The van der Waals surface area contributed by atoms with Crippen LogP contribution in [0.3, 0.4) is 0 Å². The van der Waals surface area contributed by atoms with Gasteiger partial charge in [0.1, 0.15) is 0 Å². The van der Waals surface area contributed by atoms with Crippen molar-refractivity contribution in [1.29, 1.82) is 0 Å². The molecule has 2 N–H and O–H groups in total. The lowest BCUT2D eigenvalue weighted by Crippen LogP contribution is -2.32. The standard InChI is InChI=1S/C11H22N2OS/c1-10(12)4-2-5-11(14)13-6-3-8-15-9-7-13/h10H,2-9,12H2,1H3. The Balaban J connectivity index is 2.19. The lowest BCUT2D eigenvalue weighted by Gasteiger charge is -2.20. The largest absolute Gasteiger partial charge is 0.342 e. The second-order valence-corrected chi connectivity index (χ2v) is 5.44. The number of carbonyl (C=O) groups is 1. The molecule has 1 heterocycles. The SMILES string of the molecule is CC(N)CCCC(=O)N1CCCSCC1. The maximum atomic E-state index is 11.8. The van der Waals surface area contributed by atoms with Crippen LogP contribution in [0.25, 0.3) is 0 Å². The second kappa shape index (κ2) is 7.12. The second-order valence-electron chi connectivity index (χ2n) is 4.22. The third-order valence-electron chi connectivity index (χ3n) is 2.63. The molecule has 1 aliphatic heterocycles. The molecular formula is C11H22N2OS. The first-order valence-electron chi connectivity index (χ1n) is 5.81. The predicted molar refractivity (Wildman–Crippen MR) is 66.0 cm³/mol. The smallest absolute Gasteiger partial charge is 0.222 e. The van der Waals surface area contributed by atoms with E-state index < -0.39 is 0 Å². The fourth-order valence-corrected chi connectivity index (χ4v) is 2.62. The van der Waals surface area contributed by atoms with E-state index in [1.165, 1.54) is 5.75 Å². The molecule has 1 rings (SSSR count). The van der Waals surface area contributed by atoms with E-state index in [2.05, 4.69) is 0 Å². The zero-order chi connectivity index (χ0) is 11.1. The molecule has 0 bridgehead atoms. The molecule has 88 valence electrons. The lowest BCUT2D eigenvalue weighted by atomic mass is 10.1. The number of carbonyl (C=O) groups excluding carboxylic acids is 1. The molecule has 0 radical (unpaired) electrons. The van der Waals surface area contributed by atoms with Crippen LogP contribution >= 0.6 is 11.8 Å². The maximum absolute atomic E-state index is 11.8. The highest BCUT2D eigenvalue weighted by molar-refractivity contribution is 7.99. The van der Waals surface area contributed by atoms with Crippen LogP contribution < -0.4 is 5.73 Å². The number of hydrogen-bond acceptors (Lipinski definition) is 3. The molecule has 15 heavy (non-hydrogen) atoms. The summed E-state index contributed by atoms with van der Waals surface area (Å²) in [5.41, 5.74) is 5.65. The summed E-state index contributed by atoms with van der Waals surface area (Å²) < 4.78 is 0. The van der Waals surface area contributed by atoms with Crippen LogP contribution in [-0.4, -0.2) is 41.4 Å². The van der Waals surface area contributed by atoms with Crippen LogP contribution in [0.15, 0.2) is 0 Å². The first kappa shape index (κ1) is 12.8. The molecule has 1 unspecified atom stereocenters. The molecule has 0 aliphatic carbocycles. The summed E-state index contributed by atoms with van der Waals surface area (Å²) >= 11 is 1.95. The maximum Gasteiger partial charge on any atom is 0.222 e. The number of thioether (sulfide) groups is 1. The molecule has 1 saturated heterocycles. The van der Waals surface area contributed by atoms with Crippen molar-refractivity contribution in [1.82, 2.24) is 4.90 Å².